The summed E-state index contributed by atoms with van der Waals surface area (Å²) < 4.78 is 2.21. The number of aryl methyl sites for hydroxylation is 1. The maximum Gasteiger partial charge on any atom is 0.101 e. The second-order valence-electron chi connectivity index (χ2n) is 6.41. The zero-order valence-corrected chi connectivity index (χ0v) is 12.6. The monoisotopic (exact) mass is 303 g/mol. The Hall–Kier alpha value is -2.46. The van der Waals surface area contributed by atoms with Gasteiger partial charge in [0.15, 0.2) is 0 Å². The molecule has 0 saturated carbocycles. The lowest BCUT2D eigenvalue weighted by atomic mass is 9.78. The fourth-order valence-electron chi connectivity index (χ4n) is 4.25. The molecular formula is C19H17N3O. The standard InChI is InChI=1S/C19H17N3O/c23-19-15(8-7-12-4-3-9-21-17(12)19)18-14-6-2-1-5-13(14)16-10-20-11-22(16)18/h1-6,9-11,15,18-19,23H,7-8H2/t15-,18?,19-/m0/s1. The normalized spacial score (nSPS) is 24.8. The number of aliphatic hydroxyl groups excluding tert-OH is 1. The molecule has 4 heteroatoms. The number of pyridine rings is 1. The third kappa shape index (κ3) is 1.75. The van der Waals surface area contributed by atoms with Crippen LogP contribution in [0.4, 0.5) is 0 Å². The minimum absolute atomic E-state index is 0.119. The number of hydrogen-bond acceptors (Lipinski definition) is 3. The van der Waals surface area contributed by atoms with Crippen LogP contribution < -0.4 is 0 Å². The van der Waals surface area contributed by atoms with Crippen LogP contribution in [0.15, 0.2) is 55.1 Å². The highest BCUT2D eigenvalue weighted by Gasteiger charge is 2.40. The lowest BCUT2D eigenvalue weighted by molar-refractivity contribution is 0.0679. The molecule has 3 aromatic rings. The van der Waals surface area contributed by atoms with Gasteiger partial charge in [0.2, 0.25) is 0 Å². The highest BCUT2D eigenvalue weighted by Crippen LogP contribution is 2.49. The first-order valence-electron chi connectivity index (χ1n) is 8.07. The van der Waals surface area contributed by atoms with Gasteiger partial charge in [-0.25, -0.2) is 4.98 Å². The number of benzene rings is 1. The summed E-state index contributed by atoms with van der Waals surface area (Å²) in [4.78, 5) is 8.77. The number of imidazole rings is 1. The van der Waals surface area contributed by atoms with E-state index in [0.717, 1.165) is 24.2 Å². The summed E-state index contributed by atoms with van der Waals surface area (Å²) in [5, 5.41) is 11.0. The molecule has 0 bridgehead atoms. The molecule has 0 saturated heterocycles. The van der Waals surface area contributed by atoms with Crippen molar-refractivity contribution in [1.82, 2.24) is 14.5 Å². The van der Waals surface area contributed by atoms with Crippen molar-refractivity contribution in [2.24, 2.45) is 5.92 Å². The molecule has 1 aliphatic heterocycles. The summed E-state index contributed by atoms with van der Waals surface area (Å²) in [6.45, 7) is 0. The zero-order chi connectivity index (χ0) is 15.4. The Morgan fingerprint density at radius 2 is 2.04 bits per heavy atom. The van der Waals surface area contributed by atoms with Gasteiger partial charge in [-0.15, -0.1) is 0 Å². The first-order valence-corrected chi connectivity index (χ1v) is 8.07. The van der Waals surface area contributed by atoms with Crippen LogP contribution in [0.5, 0.6) is 0 Å². The van der Waals surface area contributed by atoms with E-state index in [4.69, 9.17) is 0 Å². The largest absolute Gasteiger partial charge is 0.386 e. The minimum atomic E-state index is -0.536. The van der Waals surface area contributed by atoms with Gasteiger partial charge in [0.1, 0.15) is 6.10 Å². The van der Waals surface area contributed by atoms with Gasteiger partial charge < -0.3 is 9.67 Å². The highest BCUT2D eigenvalue weighted by atomic mass is 16.3. The summed E-state index contributed by atoms with van der Waals surface area (Å²) in [7, 11) is 0. The zero-order valence-electron chi connectivity index (χ0n) is 12.6. The van der Waals surface area contributed by atoms with Crippen molar-refractivity contribution in [2.45, 2.75) is 25.0 Å². The first kappa shape index (κ1) is 13.0. The highest BCUT2D eigenvalue weighted by molar-refractivity contribution is 5.69. The van der Waals surface area contributed by atoms with Crippen LogP contribution in [-0.2, 0) is 6.42 Å². The Labute approximate surface area is 134 Å². The van der Waals surface area contributed by atoms with Gasteiger partial charge in [-0.3, -0.25) is 4.98 Å². The molecule has 0 amide bonds. The molecule has 3 heterocycles. The maximum atomic E-state index is 11.0. The van der Waals surface area contributed by atoms with Crippen LogP contribution in [0.2, 0.25) is 0 Å². The molecule has 1 N–H and O–H groups in total. The predicted molar refractivity (Wildman–Crippen MR) is 86.8 cm³/mol. The molecule has 1 unspecified atom stereocenters. The Kier molecular flexibility index (Phi) is 2.70. The van der Waals surface area contributed by atoms with Crippen LogP contribution in [-0.4, -0.2) is 19.6 Å². The van der Waals surface area contributed by atoms with E-state index in [0.29, 0.717) is 0 Å². The van der Waals surface area contributed by atoms with Gasteiger partial charge in [-0.05, 0) is 30.0 Å². The average molecular weight is 303 g/mol. The van der Waals surface area contributed by atoms with Crippen molar-refractivity contribution in [3.8, 4) is 11.3 Å². The van der Waals surface area contributed by atoms with Crippen molar-refractivity contribution in [1.29, 1.82) is 0 Å². The van der Waals surface area contributed by atoms with E-state index in [9.17, 15) is 5.11 Å². The molecule has 1 aliphatic carbocycles. The van der Waals surface area contributed by atoms with Crippen LogP contribution in [0.25, 0.3) is 11.3 Å². The minimum Gasteiger partial charge on any atom is -0.386 e. The molecule has 3 atom stereocenters. The summed E-state index contributed by atoms with van der Waals surface area (Å²) in [5.41, 5.74) is 5.68. The first-order chi connectivity index (χ1) is 11.3. The fraction of sp³-hybridized carbons (Fsp3) is 0.263. The third-order valence-electron chi connectivity index (χ3n) is 5.29. The van der Waals surface area contributed by atoms with Crippen molar-refractivity contribution < 1.29 is 5.11 Å². The number of fused-ring (bicyclic) bond motifs is 4. The molecular weight excluding hydrogens is 286 g/mol. The molecule has 1 aromatic carbocycles. The van der Waals surface area contributed by atoms with E-state index in [1.54, 1.807) is 6.20 Å². The van der Waals surface area contributed by atoms with Crippen molar-refractivity contribution >= 4 is 0 Å². The fourth-order valence-corrected chi connectivity index (χ4v) is 4.25. The van der Waals surface area contributed by atoms with Crippen LogP contribution in [0.3, 0.4) is 0 Å². The Morgan fingerprint density at radius 3 is 3.00 bits per heavy atom. The van der Waals surface area contributed by atoms with Crippen LogP contribution in [0.1, 0.15) is 35.4 Å². The van der Waals surface area contributed by atoms with Gasteiger partial charge in [-0.1, -0.05) is 30.3 Å². The summed E-state index contributed by atoms with van der Waals surface area (Å²) in [5.74, 6) is 0.119. The van der Waals surface area contributed by atoms with Crippen LogP contribution in [0, 0.1) is 5.92 Å². The predicted octanol–water partition coefficient (Wildman–Crippen LogP) is 3.14. The Morgan fingerprint density at radius 1 is 1.13 bits per heavy atom. The van der Waals surface area contributed by atoms with E-state index in [-0.39, 0.29) is 12.0 Å². The Bertz CT molecular complexity index is 886. The van der Waals surface area contributed by atoms with Gasteiger partial charge in [0.25, 0.3) is 0 Å². The number of aromatic nitrogens is 3. The van der Waals surface area contributed by atoms with Gasteiger partial charge in [-0.2, -0.15) is 0 Å². The molecule has 114 valence electrons. The van der Waals surface area contributed by atoms with Crippen molar-refractivity contribution in [3.05, 3.63) is 71.9 Å². The lowest BCUT2D eigenvalue weighted by Gasteiger charge is -2.34. The number of nitrogens with zero attached hydrogens (tertiary/aromatic N) is 3. The average Bonchev–Trinajstić information content (AvgIpc) is 3.17. The van der Waals surface area contributed by atoms with E-state index in [2.05, 4.69) is 44.9 Å². The number of rotatable bonds is 1. The van der Waals surface area contributed by atoms with E-state index < -0.39 is 6.10 Å². The maximum absolute atomic E-state index is 11.0. The number of aliphatic hydroxyl groups is 1. The molecule has 2 aromatic heterocycles. The van der Waals surface area contributed by atoms with Gasteiger partial charge in [0.05, 0.1) is 30.0 Å². The smallest absolute Gasteiger partial charge is 0.101 e. The second kappa shape index (κ2) is 4.77. The van der Waals surface area contributed by atoms with Gasteiger partial charge >= 0.3 is 0 Å². The molecule has 4 nitrogen and oxygen atoms in total. The SMILES string of the molecule is O[C@@H]1c2ncccc2CC[C@H]1C1c2ccccc2-c2cncn21. The summed E-state index contributed by atoms with van der Waals surface area (Å²) in [6, 6.07) is 12.6. The molecule has 0 fully saturated rings. The third-order valence-corrected chi connectivity index (χ3v) is 5.29. The summed E-state index contributed by atoms with van der Waals surface area (Å²) >= 11 is 0. The van der Waals surface area contributed by atoms with E-state index >= 15 is 0 Å². The number of hydrogen-bond donors (Lipinski definition) is 1. The molecule has 5 rings (SSSR count). The molecule has 23 heavy (non-hydrogen) atoms. The summed E-state index contributed by atoms with van der Waals surface area (Å²) in [6.07, 6.45) is 6.96. The molecule has 0 radical (unpaired) electrons. The lowest BCUT2D eigenvalue weighted by Crippen LogP contribution is -2.29. The quantitative estimate of drug-likeness (QED) is 0.751. The second-order valence-corrected chi connectivity index (χ2v) is 6.41. The van der Waals surface area contributed by atoms with E-state index in [1.165, 1.54) is 16.7 Å². The van der Waals surface area contributed by atoms with Crippen molar-refractivity contribution in [2.75, 3.05) is 0 Å². The molecule has 0 spiro atoms. The molecule has 2 aliphatic rings. The van der Waals surface area contributed by atoms with E-state index in [1.807, 2.05) is 18.6 Å². The van der Waals surface area contributed by atoms with Crippen molar-refractivity contribution in [3.63, 3.8) is 0 Å². The Balaban J connectivity index is 1.64. The topological polar surface area (TPSA) is 50.9 Å². The van der Waals surface area contributed by atoms with Gasteiger partial charge in [0, 0.05) is 17.7 Å². The van der Waals surface area contributed by atoms with Crippen LogP contribution >= 0.6 is 0 Å².